The lowest BCUT2D eigenvalue weighted by Gasteiger charge is -2.25. The van der Waals surface area contributed by atoms with Crippen molar-refractivity contribution in [2.75, 3.05) is 4.90 Å². The molecule has 1 aromatic heterocycles. The number of hydrogen-bond acceptors (Lipinski definition) is 2. The molecule has 0 aliphatic heterocycles. The van der Waals surface area contributed by atoms with Crippen molar-refractivity contribution in [1.29, 1.82) is 0 Å². The Bertz CT molecular complexity index is 1190. The van der Waals surface area contributed by atoms with Gasteiger partial charge in [0.2, 0.25) is 0 Å². The average Bonchev–Trinajstić information content (AvgIpc) is 3.07. The van der Waals surface area contributed by atoms with Crippen molar-refractivity contribution in [2.45, 2.75) is 0 Å². The van der Waals surface area contributed by atoms with Crippen LogP contribution in [0.5, 0.6) is 0 Å². The normalized spacial score (nSPS) is 11.1. The highest BCUT2D eigenvalue weighted by Gasteiger charge is 2.14. The van der Waals surface area contributed by atoms with E-state index in [1.54, 1.807) is 11.3 Å². The van der Waals surface area contributed by atoms with Crippen LogP contribution in [0.15, 0.2) is 97.1 Å². The topological polar surface area (TPSA) is 3.24 Å². The van der Waals surface area contributed by atoms with Crippen molar-refractivity contribution in [1.82, 2.24) is 0 Å². The zero-order valence-electron chi connectivity index (χ0n) is 14.5. The second-order valence-electron chi connectivity index (χ2n) is 6.43. The summed E-state index contributed by atoms with van der Waals surface area (Å²) in [6.45, 7) is 0. The molecule has 0 aliphatic carbocycles. The fourth-order valence-corrected chi connectivity index (χ4v) is 4.84. The van der Waals surface area contributed by atoms with Gasteiger partial charge in [-0.1, -0.05) is 54.1 Å². The van der Waals surface area contributed by atoms with E-state index < -0.39 is 0 Å². The zero-order valence-corrected chi connectivity index (χ0v) is 16.0. The molecule has 0 bridgehead atoms. The summed E-state index contributed by atoms with van der Waals surface area (Å²) in [4.78, 5) is 2.29. The van der Waals surface area contributed by atoms with Crippen LogP contribution in [-0.2, 0) is 0 Å². The summed E-state index contributed by atoms with van der Waals surface area (Å²) in [5.74, 6) is 0. The Morgan fingerprint density at radius 2 is 1.22 bits per heavy atom. The lowest BCUT2D eigenvalue weighted by molar-refractivity contribution is 1.29. The molecule has 5 rings (SSSR count). The van der Waals surface area contributed by atoms with Crippen LogP contribution in [0, 0.1) is 0 Å². The number of nitrogens with zero attached hydrogens (tertiary/aromatic N) is 1. The highest BCUT2D eigenvalue weighted by molar-refractivity contribution is 7.25. The highest BCUT2D eigenvalue weighted by atomic mass is 35.5. The van der Waals surface area contributed by atoms with Gasteiger partial charge in [-0.15, -0.1) is 11.3 Å². The van der Waals surface area contributed by atoms with E-state index >= 15 is 0 Å². The molecule has 27 heavy (non-hydrogen) atoms. The van der Waals surface area contributed by atoms with Gasteiger partial charge in [0.25, 0.3) is 0 Å². The minimum atomic E-state index is 0.782. The minimum absolute atomic E-state index is 0.782. The minimum Gasteiger partial charge on any atom is -0.310 e. The van der Waals surface area contributed by atoms with Crippen molar-refractivity contribution in [2.24, 2.45) is 0 Å². The smallest absolute Gasteiger partial charge is 0.0468 e. The molecule has 0 radical (unpaired) electrons. The summed E-state index contributed by atoms with van der Waals surface area (Å²) in [6, 6.07) is 33.8. The summed E-state index contributed by atoms with van der Waals surface area (Å²) in [7, 11) is 0. The standard InChI is InChI=1S/C24H16ClNS/c25-17-11-13-21-22-16-20(12-14-23(22)27-24(21)15-17)26(18-7-3-1-4-8-18)19-9-5-2-6-10-19/h1-16H. The van der Waals surface area contributed by atoms with E-state index in [1.165, 1.54) is 20.2 Å². The average molecular weight is 386 g/mol. The van der Waals surface area contributed by atoms with E-state index in [9.17, 15) is 0 Å². The number of anilines is 3. The van der Waals surface area contributed by atoms with Gasteiger partial charge in [0.05, 0.1) is 0 Å². The van der Waals surface area contributed by atoms with Gasteiger partial charge >= 0.3 is 0 Å². The molecule has 1 heterocycles. The van der Waals surface area contributed by atoms with Gasteiger partial charge in [0, 0.05) is 42.3 Å². The molecular formula is C24H16ClNS. The molecule has 0 N–H and O–H groups in total. The quantitative estimate of drug-likeness (QED) is 0.302. The molecule has 0 spiro atoms. The van der Waals surface area contributed by atoms with Gasteiger partial charge in [0.1, 0.15) is 0 Å². The van der Waals surface area contributed by atoms with Crippen LogP contribution in [0.25, 0.3) is 20.2 Å². The first-order valence-corrected chi connectivity index (χ1v) is 10.0. The largest absolute Gasteiger partial charge is 0.310 e. The number of benzene rings is 4. The molecule has 130 valence electrons. The van der Waals surface area contributed by atoms with Crippen LogP contribution in [0.3, 0.4) is 0 Å². The Morgan fingerprint density at radius 3 is 1.89 bits per heavy atom. The lowest BCUT2D eigenvalue weighted by Crippen LogP contribution is -2.09. The zero-order chi connectivity index (χ0) is 18.2. The molecule has 0 amide bonds. The number of thiophene rings is 1. The molecule has 1 nitrogen and oxygen atoms in total. The van der Waals surface area contributed by atoms with Crippen molar-refractivity contribution in [3.05, 3.63) is 102 Å². The highest BCUT2D eigenvalue weighted by Crippen LogP contribution is 2.40. The van der Waals surface area contributed by atoms with Gasteiger partial charge in [-0.3, -0.25) is 0 Å². The first kappa shape index (κ1) is 16.4. The number of hydrogen-bond donors (Lipinski definition) is 0. The van der Waals surface area contributed by atoms with E-state index in [0.29, 0.717) is 0 Å². The number of para-hydroxylation sites is 2. The third-order valence-electron chi connectivity index (χ3n) is 4.70. The maximum atomic E-state index is 6.19. The predicted octanol–water partition coefficient (Wildman–Crippen LogP) is 8.18. The fraction of sp³-hybridized carbons (Fsp3) is 0. The molecule has 0 unspecified atom stereocenters. The molecule has 4 aromatic carbocycles. The van der Waals surface area contributed by atoms with E-state index in [1.807, 2.05) is 24.3 Å². The number of halogens is 1. The molecule has 5 aromatic rings. The third kappa shape index (κ3) is 2.97. The van der Waals surface area contributed by atoms with Gasteiger partial charge in [-0.05, 0) is 54.6 Å². The van der Waals surface area contributed by atoms with E-state index in [4.69, 9.17) is 11.6 Å². The third-order valence-corrected chi connectivity index (χ3v) is 6.07. The Morgan fingerprint density at radius 1 is 0.556 bits per heavy atom. The Kier molecular flexibility index (Phi) is 4.08. The Labute approximate surface area is 167 Å². The maximum absolute atomic E-state index is 6.19. The molecule has 0 saturated carbocycles. The summed E-state index contributed by atoms with van der Waals surface area (Å²) < 4.78 is 2.50. The second-order valence-corrected chi connectivity index (χ2v) is 7.95. The molecule has 3 heteroatoms. The van der Waals surface area contributed by atoms with Crippen molar-refractivity contribution in [3.8, 4) is 0 Å². The second kappa shape index (κ2) is 6.73. The van der Waals surface area contributed by atoms with Crippen LogP contribution < -0.4 is 4.90 Å². The monoisotopic (exact) mass is 385 g/mol. The predicted molar refractivity (Wildman–Crippen MR) is 119 cm³/mol. The van der Waals surface area contributed by atoms with Gasteiger partial charge in [-0.25, -0.2) is 0 Å². The van der Waals surface area contributed by atoms with Crippen LogP contribution >= 0.6 is 22.9 Å². The summed E-state index contributed by atoms with van der Waals surface area (Å²) in [5.41, 5.74) is 3.44. The molecular weight excluding hydrogens is 370 g/mol. The lowest BCUT2D eigenvalue weighted by atomic mass is 10.1. The van der Waals surface area contributed by atoms with Crippen molar-refractivity contribution < 1.29 is 0 Å². The first-order valence-electron chi connectivity index (χ1n) is 8.82. The van der Waals surface area contributed by atoms with E-state index in [2.05, 4.69) is 77.7 Å². The number of fused-ring (bicyclic) bond motifs is 3. The van der Waals surface area contributed by atoms with Crippen molar-refractivity contribution in [3.63, 3.8) is 0 Å². The fourth-order valence-electron chi connectivity index (χ4n) is 3.48. The summed E-state index contributed by atoms with van der Waals surface area (Å²) in [5, 5.41) is 3.30. The van der Waals surface area contributed by atoms with Crippen LogP contribution in [0.4, 0.5) is 17.1 Å². The van der Waals surface area contributed by atoms with Gasteiger partial charge in [0.15, 0.2) is 0 Å². The van der Waals surface area contributed by atoms with E-state index in [-0.39, 0.29) is 0 Å². The van der Waals surface area contributed by atoms with Gasteiger partial charge < -0.3 is 4.90 Å². The maximum Gasteiger partial charge on any atom is 0.0468 e. The molecule has 0 atom stereocenters. The first-order chi connectivity index (χ1) is 13.3. The van der Waals surface area contributed by atoms with Crippen LogP contribution in [-0.4, -0.2) is 0 Å². The van der Waals surface area contributed by atoms with Crippen molar-refractivity contribution >= 4 is 60.2 Å². The Hall–Kier alpha value is -2.81. The summed E-state index contributed by atoms with van der Waals surface area (Å²) in [6.07, 6.45) is 0. The van der Waals surface area contributed by atoms with Gasteiger partial charge in [-0.2, -0.15) is 0 Å². The SMILES string of the molecule is Clc1ccc2c(c1)sc1ccc(N(c3ccccc3)c3ccccc3)cc12. The Balaban J connectivity index is 1.74. The summed E-state index contributed by atoms with van der Waals surface area (Å²) >= 11 is 7.97. The van der Waals surface area contributed by atoms with E-state index in [0.717, 1.165) is 22.1 Å². The molecule has 0 aliphatic rings. The molecule has 0 fully saturated rings. The number of rotatable bonds is 3. The van der Waals surface area contributed by atoms with Crippen LogP contribution in [0.1, 0.15) is 0 Å². The molecule has 0 saturated heterocycles. The van der Waals surface area contributed by atoms with Crippen LogP contribution in [0.2, 0.25) is 5.02 Å².